The standard InChI is InChI=1S/C45H72N14O22/c1-19(2)14-25(36(47)73)56-39(76)23(9-11-32(65)66)54-37(74)21(6-4-8-31(63)64)52-42(79)27(16-34(69)70)58-38(75)22(7-5-13-50-45(48)49)53-41(78)26(15-30(46)62)57-43(80)28(17-35(71)72)59-40(77)24(10-12-33(67)68)55-44(81)29(18-60)51-20(3)61/h19,21-29,60H,4-18H2,1-3H3,(H2,46,62)(H2,47,73)(H,51,61)(H,52,79)(H,53,78)(H,54,74)(H,55,81)(H,56,76)(H,57,80)(H,58,75)(H,59,77)(H,63,64)(H,65,66)(H,67,68)(H,69,70)(H,71,72)(H4,48,49,50)/t21-,22-,23-,24-,25-,26-,27-,28-,29-/m1/s1. The molecule has 0 saturated carbocycles. The Labute approximate surface area is 460 Å². The number of carboxylic acid groups (broad SMARTS) is 5. The number of hydrogen-bond acceptors (Lipinski definition) is 18. The molecule has 36 nitrogen and oxygen atoms in total. The van der Waals surface area contributed by atoms with Crippen molar-refractivity contribution < 1.29 is 107 Å². The Morgan fingerprint density at radius 1 is 0.395 bits per heavy atom. The zero-order valence-electron chi connectivity index (χ0n) is 44.4. The largest absolute Gasteiger partial charge is 0.481 e. The van der Waals surface area contributed by atoms with Gasteiger partial charge in [-0.05, 0) is 50.9 Å². The van der Waals surface area contributed by atoms with Crippen LogP contribution in [0.3, 0.4) is 0 Å². The lowest BCUT2D eigenvalue weighted by Gasteiger charge is -2.27. The summed E-state index contributed by atoms with van der Waals surface area (Å²) in [6.07, 6.45) is -8.69. The second kappa shape index (κ2) is 36.8. The van der Waals surface area contributed by atoms with Crippen molar-refractivity contribution >= 4 is 101 Å². The molecule has 0 aromatic heterocycles. The number of hydrogen-bond donors (Lipinski definition) is 19. The minimum absolute atomic E-state index is 0.0240. The van der Waals surface area contributed by atoms with Crippen LogP contribution in [0.15, 0.2) is 4.99 Å². The van der Waals surface area contributed by atoms with Crippen LogP contribution in [0.4, 0.5) is 0 Å². The first kappa shape index (κ1) is 71.8. The van der Waals surface area contributed by atoms with Gasteiger partial charge in [0, 0.05) is 32.7 Å². The van der Waals surface area contributed by atoms with E-state index in [4.69, 9.17) is 22.9 Å². The number of nitrogens with two attached hydrogens (primary N) is 4. The average Bonchev–Trinajstić information content (AvgIpc) is 3.33. The van der Waals surface area contributed by atoms with Crippen LogP contribution in [0.25, 0.3) is 0 Å². The number of guanidine groups is 1. The highest BCUT2D eigenvalue weighted by Crippen LogP contribution is 2.11. The number of aliphatic hydroxyl groups excluding tert-OH is 1. The summed E-state index contributed by atoms with van der Waals surface area (Å²) in [5.74, 6) is -22.3. The van der Waals surface area contributed by atoms with E-state index in [1.807, 2.05) is 10.6 Å². The molecule has 454 valence electrons. The molecule has 0 unspecified atom stereocenters. The summed E-state index contributed by atoms with van der Waals surface area (Å²) in [4.78, 5) is 207. The minimum Gasteiger partial charge on any atom is -0.481 e. The summed E-state index contributed by atoms with van der Waals surface area (Å²) >= 11 is 0. The lowest BCUT2D eigenvalue weighted by Crippen LogP contribution is -2.61. The van der Waals surface area contributed by atoms with Crippen molar-refractivity contribution in [3.63, 3.8) is 0 Å². The summed E-state index contributed by atoms with van der Waals surface area (Å²) in [6.45, 7) is 3.10. The van der Waals surface area contributed by atoms with Crippen molar-refractivity contribution in [2.75, 3.05) is 13.2 Å². The topological polar surface area (TPSA) is 619 Å². The number of aliphatic hydroxyl groups is 1. The monoisotopic (exact) mass is 1160 g/mol. The Morgan fingerprint density at radius 2 is 0.716 bits per heavy atom. The van der Waals surface area contributed by atoms with Crippen LogP contribution in [0.5, 0.6) is 0 Å². The number of aliphatic imine (C=N–C) groups is 1. The fourth-order valence-electron chi connectivity index (χ4n) is 7.09. The van der Waals surface area contributed by atoms with Crippen LogP contribution < -0.4 is 70.8 Å². The van der Waals surface area contributed by atoms with Gasteiger partial charge in [0.25, 0.3) is 0 Å². The molecular formula is C45H72N14O22. The van der Waals surface area contributed by atoms with Gasteiger partial charge in [0.1, 0.15) is 54.4 Å². The van der Waals surface area contributed by atoms with Crippen LogP contribution >= 0.6 is 0 Å². The fourth-order valence-corrected chi connectivity index (χ4v) is 7.09. The van der Waals surface area contributed by atoms with E-state index in [-0.39, 0.29) is 31.7 Å². The van der Waals surface area contributed by atoms with Gasteiger partial charge in [-0.1, -0.05) is 13.8 Å². The second-order valence-electron chi connectivity index (χ2n) is 18.4. The molecule has 0 saturated heterocycles. The number of nitrogens with one attached hydrogen (secondary N) is 9. The van der Waals surface area contributed by atoms with Gasteiger partial charge in [-0.2, -0.15) is 0 Å². The van der Waals surface area contributed by atoms with Gasteiger partial charge in [-0.25, -0.2) is 0 Å². The van der Waals surface area contributed by atoms with Gasteiger partial charge in [0.15, 0.2) is 5.96 Å². The molecule has 0 aromatic rings. The Kier molecular flexibility index (Phi) is 32.6. The smallest absolute Gasteiger partial charge is 0.305 e. The number of nitrogens with zero attached hydrogens (tertiary/aromatic N) is 1. The van der Waals surface area contributed by atoms with Crippen molar-refractivity contribution in [3.05, 3.63) is 0 Å². The maximum Gasteiger partial charge on any atom is 0.305 e. The van der Waals surface area contributed by atoms with Crippen LogP contribution in [0.1, 0.15) is 104 Å². The highest BCUT2D eigenvalue weighted by Gasteiger charge is 2.37. The summed E-state index contributed by atoms with van der Waals surface area (Å²) in [5, 5.41) is 75.9. The van der Waals surface area contributed by atoms with Gasteiger partial charge >= 0.3 is 29.8 Å². The van der Waals surface area contributed by atoms with E-state index in [9.17, 15) is 107 Å². The maximum atomic E-state index is 14.0. The van der Waals surface area contributed by atoms with Crippen molar-refractivity contribution in [3.8, 4) is 0 Å². The number of carbonyl (C=O) groups excluding carboxylic acids is 11. The van der Waals surface area contributed by atoms with Crippen molar-refractivity contribution in [2.45, 2.75) is 159 Å². The first-order chi connectivity index (χ1) is 37.7. The Balaban J connectivity index is 7.11. The van der Waals surface area contributed by atoms with Crippen LogP contribution in [0.2, 0.25) is 0 Å². The summed E-state index contributed by atoms with van der Waals surface area (Å²) in [7, 11) is 0. The SMILES string of the molecule is CC(=O)N[C@H](CO)C(=O)N[C@H](CCC(=O)O)C(=O)N[C@H](CC(=O)O)C(=O)N[C@H](CC(N)=O)C(=O)N[C@H](CCCN=C(N)N)C(=O)N[C@H](CC(=O)O)C(=O)N[C@H](CCCC(=O)O)C(=O)N[C@H](CCC(=O)O)C(=O)N[C@H](CC(C)C)C(N)=O. The predicted molar refractivity (Wildman–Crippen MR) is 272 cm³/mol. The summed E-state index contributed by atoms with van der Waals surface area (Å²) in [6, 6.07) is -16.8. The molecule has 0 aliphatic heterocycles. The first-order valence-corrected chi connectivity index (χ1v) is 24.7. The number of rotatable bonds is 41. The van der Waals surface area contributed by atoms with Gasteiger partial charge in [-0.15, -0.1) is 0 Å². The molecule has 9 atom stereocenters. The Bertz CT molecular complexity index is 2350. The van der Waals surface area contributed by atoms with Gasteiger partial charge in [-0.3, -0.25) is 81.7 Å². The average molecular weight is 1160 g/mol. The molecule has 11 amide bonds. The molecule has 0 aromatic carbocycles. The van der Waals surface area contributed by atoms with Gasteiger partial charge in [0.05, 0.1) is 25.9 Å². The van der Waals surface area contributed by atoms with E-state index in [1.54, 1.807) is 13.8 Å². The molecule has 23 N–H and O–H groups in total. The second-order valence-corrected chi connectivity index (χ2v) is 18.4. The van der Waals surface area contributed by atoms with Crippen LogP contribution in [-0.2, 0) is 76.7 Å². The molecular weight excluding hydrogens is 1090 g/mol. The molecule has 0 radical (unpaired) electrons. The van der Waals surface area contributed by atoms with Crippen molar-refractivity contribution in [1.82, 2.24) is 47.9 Å². The predicted octanol–water partition coefficient (Wildman–Crippen LogP) is -8.24. The van der Waals surface area contributed by atoms with Gasteiger partial charge < -0.3 is 101 Å². The van der Waals surface area contributed by atoms with Crippen molar-refractivity contribution in [1.29, 1.82) is 0 Å². The highest BCUT2D eigenvalue weighted by atomic mass is 16.4. The molecule has 0 aliphatic carbocycles. The molecule has 0 rings (SSSR count). The number of carbonyl (C=O) groups is 16. The fraction of sp³-hybridized carbons (Fsp3) is 0.622. The van der Waals surface area contributed by atoms with E-state index in [0.717, 1.165) is 6.92 Å². The number of carboxylic acids is 5. The molecule has 0 heterocycles. The minimum atomic E-state index is -2.20. The normalized spacial score (nSPS) is 14.1. The molecule has 0 aliphatic rings. The first-order valence-electron chi connectivity index (χ1n) is 24.7. The zero-order valence-corrected chi connectivity index (χ0v) is 44.4. The van der Waals surface area contributed by atoms with E-state index >= 15 is 0 Å². The van der Waals surface area contributed by atoms with E-state index in [2.05, 4.69) is 42.2 Å². The van der Waals surface area contributed by atoms with E-state index in [1.165, 1.54) is 0 Å². The lowest BCUT2D eigenvalue weighted by atomic mass is 10.0. The van der Waals surface area contributed by atoms with Crippen molar-refractivity contribution in [2.24, 2.45) is 33.8 Å². The van der Waals surface area contributed by atoms with Gasteiger partial charge in [0.2, 0.25) is 65.0 Å². The quantitative estimate of drug-likeness (QED) is 0.0154. The Hall–Kier alpha value is -9.25. The summed E-state index contributed by atoms with van der Waals surface area (Å²) < 4.78 is 0. The molecule has 36 heteroatoms. The zero-order chi connectivity index (χ0) is 62.3. The van der Waals surface area contributed by atoms with Crippen LogP contribution in [-0.4, -0.2) is 199 Å². The number of aliphatic carboxylic acids is 5. The molecule has 0 bridgehead atoms. The third kappa shape index (κ3) is 31.1. The molecule has 81 heavy (non-hydrogen) atoms. The third-order valence-electron chi connectivity index (χ3n) is 11.0. The molecule has 0 spiro atoms. The lowest BCUT2D eigenvalue weighted by molar-refractivity contribution is -0.142. The highest BCUT2D eigenvalue weighted by molar-refractivity contribution is 6.00. The molecule has 0 fully saturated rings. The maximum absolute atomic E-state index is 14.0. The number of primary amides is 2. The third-order valence-corrected chi connectivity index (χ3v) is 11.0. The van der Waals surface area contributed by atoms with E-state index < -0.39 is 226 Å². The Morgan fingerprint density at radius 3 is 1.02 bits per heavy atom. The number of amides is 11. The summed E-state index contributed by atoms with van der Waals surface area (Å²) in [5.41, 5.74) is 21.5. The van der Waals surface area contributed by atoms with E-state index in [0.29, 0.717) is 0 Å². The van der Waals surface area contributed by atoms with Crippen LogP contribution in [0, 0.1) is 5.92 Å².